The molecule has 4 aromatic carbocycles. The second-order valence-electron chi connectivity index (χ2n) is 9.91. The van der Waals surface area contributed by atoms with Gasteiger partial charge in [0, 0.05) is 0 Å². The van der Waals surface area contributed by atoms with Gasteiger partial charge in [0.2, 0.25) is 0 Å². The summed E-state index contributed by atoms with van der Waals surface area (Å²) in [5, 5.41) is 4.27. The number of benzene rings is 4. The molecule has 5 rings (SSSR count). The van der Waals surface area contributed by atoms with Crippen molar-refractivity contribution in [2.45, 2.75) is 26.2 Å². The fraction of sp³-hybridized carbons (Fsp3) is 0.143. The lowest BCUT2D eigenvalue weighted by atomic mass is 10.4. The molecule has 0 spiro atoms. The molecule has 0 radical (unpaired) electrons. The van der Waals surface area contributed by atoms with Gasteiger partial charge in [-0.1, -0.05) is 121 Å². The van der Waals surface area contributed by atoms with E-state index in [4.69, 9.17) is 16.5 Å². The molecule has 4 nitrogen and oxygen atoms in total. The van der Waals surface area contributed by atoms with Gasteiger partial charge in [-0.25, -0.2) is 0 Å². The highest BCUT2D eigenvalue weighted by Crippen LogP contribution is 2.31. The molecule has 184 valence electrons. The maximum atomic E-state index is 7.30. The first-order chi connectivity index (χ1) is 17.2. The minimum atomic E-state index is -3.16. The van der Waals surface area contributed by atoms with Crippen molar-refractivity contribution in [3.8, 4) is 0 Å². The highest BCUT2D eigenvalue weighted by molar-refractivity contribution is 7.07. The molecule has 0 unspecified atom stereocenters. The van der Waals surface area contributed by atoms with Gasteiger partial charge in [0.25, 0.3) is 0 Å². The van der Waals surface area contributed by atoms with Gasteiger partial charge in [-0.2, -0.15) is 0 Å². The van der Waals surface area contributed by atoms with E-state index < -0.39 is 34.2 Å². The summed E-state index contributed by atoms with van der Waals surface area (Å²) in [7, 11) is -12.0. The summed E-state index contributed by atoms with van der Waals surface area (Å²) in [6.45, 7) is 8.50. The SMILES string of the molecule is C[Si]1(C)O[Si](c2ccccc2)(c2ccccc2)O[Si](C)(C)O[Si](c2ccccc2)(c2ccccc2)O1. The monoisotopic (exact) mass is 544 g/mol. The van der Waals surface area contributed by atoms with E-state index in [1.54, 1.807) is 0 Å². The largest absolute Gasteiger partial charge is 0.409 e. The van der Waals surface area contributed by atoms with E-state index in [1.165, 1.54) is 0 Å². The van der Waals surface area contributed by atoms with Crippen LogP contribution in [0.25, 0.3) is 0 Å². The lowest BCUT2D eigenvalue weighted by Gasteiger charge is -2.50. The molecule has 0 N–H and O–H groups in total. The minimum Gasteiger partial charge on any atom is -0.409 e. The Kier molecular flexibility index (Phi) is 6.88. The molecule has 0 saturated carbocycles. The topological polar surface area (TPSA) is 36.9 Å². The molecule has 1 aliphatic rings. The van der Waals surface area contributed by atoms with Gasteiger partial charge in [-0.15, -0.1) is 0 Å². The van der Waals surface area contributed by atoms with Gasteiger partial charge in [0.05, 0.1) is 0 Å². The van der Waals surface area contributed by atoms with Crippen LogP contribution in [0.5, 0.6) is 0 Å². The predicted octanol–water partition coefficient (Wildman–Crippen LogP) is 3.98. The molecule has 0 aliphatic carbocycles. The van der Waals surface area contributed by atoms with Crippen molar-refractivity contribution in [3.05, 3.63) is 121 Å². The van der Waals surface area contributed by atoms with Crippen LogP contribution in [0.2, 0.25) is 26.2 Å². The van der Waals surface area contributed by atoms with Crippen LogP contribution in [0.3, 0.4) is 0 Å². The van der Waals surface area contributed by atoms with E-state index in [-0.39, 0.29) is 0 Å². The Bertz CT molecular complexity index is 1080. The Morgan fingerprint density at radius 2 is 0.528 bits per heavy atom. The van der Waals surface area contributed by atoms with Crippen molar-refractivity contribution in [1.82, 2.24) is 0 Å². The van der Waals surface area contributed by atoms with Crippen LogP contribution in [0, 0.1) is 0 Å². The number of rotatable bonds is 4. The summed E-state index contributed by atoms with van der Waals surface area (Å²) in [5.74, 6) is 0. The molecular weight excluding hydrogens is 513 g/mol. The highest BCUT2D eigenvalue weighted by Gasteiger charge is 2.60. The van der Waals surface area contributed by atoms with E-state index in [0.29, 0.717) is 0 Å². The molecule has 0 atom stereocenters. The number of hydrogen-bond donors (Lipinski definition) is 0. The van der Waals surface area contributed by atoms with Crippen molar-refractivity contribution in [1.29, 1.82) is 0 Å². The summed E-state index contributed by atoms with van der Waals surface area (Å²) in [6.07, 6.45) is 0. The van der Waals surface area contributed by atoms with Gasteiger partial charge in [-0.05, 0) is 46.9 Å². The van der Waals surface area contributed by atoms with Crippen LogP contribution in [-0.4, -0.2) is 34.2 Å². The molecule has 1 aliphatic heterocycles. The average Bonchev–Trinajstić information content (AvgIpc) is 2.88. The van der Waals surface area contributed by atoms with Gasteiger partial charge < -0.3 is 16.5 Å². The van der Waals surface area contributed by atoms with E-state index in [9.17, 15) is 0 Å². The van der Waals surface area contributed by atoms with Crippen LogP contribution < -0.4 is 20.7 Å². The van der Waals surface area contributed by atoms with Crippen LogP contribution in [-0.2, 0) is 16.5 Å². The molecule has 0 amide bonds. The summed E-state index contributed by atoms with van der Waals surface area (Å²) >= 11 is 0. The second kappa shape index (κ2) is 9.80. The molecule has 4 aromatic rings. The van der Waals surface area contributed by atoms with Gasteiger partial charge in [0.1, 0.15) is 0 Å². The first-order valence-corrected chi connectivity index (χ1v) is 21.5. The second-order valence-corrected chi connectivity index (χ2v) is 23.5. The molecular formula is C28H32O4Si4. The zero-order valence-electron chi connectivity index (χ0n) is 21.2. The Balaban J connectivity index is 1.73. The average molecular weight is 545 g/mol. The van der Waals surface area contributed by atoms with Gasteiger partial charge in [-0.3, -0.25) is 0 Å². The Labute approximate surface area is 218 Å². The van der Waals surface area contributed by atoms with Crippen LogP contribution in [0.1, 0.15) is 0 Å². The smallest absolute Gasteiger partial charge is 0.389 e. The Hall–Kier alpha value is -2.41. The zero-order valence-corrected chi connectivity index (χ0v) is 25.2. The first kappa shape index (κ1) is 25.2. The third-order valence-corrected chi connectivity index (χ3v) is 23.0. The maximum absolute atomic E-state index is 7.30. The third kappa shape index (κ3) is 4.91. The van der Waals surface area contributed by atoms with Gasteiger partial charge in [0.15, 0.2) is 0 Å². The van der Waals surface area contributed by atoms with E-state index in [1.807, 2.05) is 24.3 Å². The van der Waals surface area contributed by atoms with Crippen molar-refractivity contribution >= 4 is 55.0 Å². The summed E-state index contributed by atoms with van der Waals surface area (Å²) in [6, 6.07) is 41.5. The lowest BCUT2D eigenvalue weighted by molar-refractivity contribution is 0.253. The molecule has 8 heteroatoms. The molecule has 1 fully saturated rings. The first-order valence-electron chi connectivity index (χ1n) is 12.3. The fourth-order valence-corrected chi connectivity index (χ4v) is 25.1. The van der Waals surface area contributed by atoms with Crippen molar-refractivity contribution in [2.24, 2.45) is 0 Å². The normalized spacial score (nSPS) is 20.1. The maximum Gasteiger partial charge on any atom is 0.389 e. The van der Waals surface area contributed by atoms with E-state index >= 15 is 0 Å². The molecule has 0 aromatic heterocycles. The van der Waals surface area contributed by atoms with Gasteiger partial charge >= 0.3 is 34.2 Å². The minimum absolute atomic E-state index is 1.07. The van der Waals surface area contributed by atoms with Crippen molar-refractivity contribution in [2.75, 3.05) is 0 Å². The highest BCUT2D eigenvalue weighted by atomic mass is 28.5. The molecule has 1 heterocycles. The molecule has 0 bridgehead atoms. The van der Waals surface area contributed by atoms with Crippen molar-refractivity contribution < 1.29 is 16.5 Å². The lowest BCUT2D eigenvalue weighted by Crippen LogP contribution is -2.79. The predicted molar refractivity (Wildman–Crippen MR) is 155 cm³/mol. The number of hydrogen-bond acceptors (Lipinski definition) is 4. The summed E-state index contributed by atoms with van der Waals surface area (Å²) in [5.41, 5.74) is 0. The fourth-order valence-electron chi connectivity index (χ4n) is 4.90. The van der Waals surface area contributed by atoms with Crippen LogP contribution in [0.15, 0.2) is 121 Å². The van der Waals surface area contributed by atoms with Crippen molar-refractivity contribution in [3.63, 3.8) is 0 Å². The Morgan fingerprint density at radius 1 is 0.333 bits per heavy atom. The van der Waals surface area contributed by atoms with Crippen LogP contribution >= 0.6 is 0 Å². The zero-order chi connectivity index (χ0) is 25.3. The summed E-state index contributed by atoms with van der Waals surface area (Å²) < 4.78 is 29.2. The van der Waals surface area contributed by atoms with E-state index in [0.717, 1.165) is 20.7 Å². The molecule has 1 saturated heterocycles. The summed E-state index contributed by atoms with van der Waals surface area (Å²) in [4.78, 5) is 0. The quantitative estimate of drug-likeness (QED) is 0.364. The third-order valence-electron chi connectivity index (χ3n) is 6.17. The molecule has 36 heavy (non-hydrogen) atoms. The standard InChI is InChI=1S/C28H32O4Si4/c1-33(2)29-35(25-17-9-5-10-18-25,26-19-11-6-12-20-26)31-34(3,4)32-36(30-33,27-21-13-7-14-22-27)28-23-15-8-16-24-28/h5-24H,1-4H3. The van der Waals surface area contributed by atoms with Crippen LogP contribution in [0.4, 0.5) is 0 Å². The van der Waals surface area contributed by atoms with E-state index in [2.05, 4.69) is 123 Å². The Morgan fingerprint density at radius 3 is 0.722 bits per heavy atom.